The average molecular weight is 288 g/mol. The van der Waals surface area contributed by atoms with Crippen molar-refractivity contribution in [2.24, 2.45) is 0 Å². The summed E-state index contributed by atoms with van der Waals surface area (Å²) in [5.74, 6) is -0.741. The monoisotopic (exact) mass is 288 g/mol. The highest BCUT2D eigenvalue weighted by atomic mass is 19.4. The number of imidazole rings is 1. The molecule has 0 spiro atoms. The SMILES string of the molecule is CC.CCOC(=O)c1cn2c(C(F)(F)F)cccc2n1. The van der Waals surface area contributed by atoms with E-state index in [4.69, 9.17) is 0 Å². The molecule has 0 amide bonds. The highest BCUT2D eigenvalue weighted by molar-refractivity contribution is 5.88. The number of carbonyl (C=O) groups excluding carboxylic acids is 1. The van der Waals surface area contributed by atoms with Crippen molar-refractivity contribution in [3.8, 4) is 0 Å². The van der Waals surface area contributed by atoms with Gasteiger partial charge in [-0.1, -0.05) is 19.9 Å². The molecule has 4 nitrogen and oxygen atoms in total. The van der Waals surface area contributed by atoms with Gasteiger partial charge in [0.1, 0.15) is 11.3 Å². The number of esters is 1. The Kier molecular flexibility index (Phi) is 5.12. The Labute approximate surface area is 114 Å². The van der Waals surface area contributed by atoms with Crippen molar-refractivity contribution in [2.45, 2.75) is 26.9 Å². The molecule has 0 fully saturated rings. The number of carbonyl (C=O) groups is 1. The van der Waals surface area contributed by atoms with Gasteiger partial charge in [0.05, 0.1) is 6.61 Å². The lowest BCUT2D eigenvalue weighted by molar-refractivity contribution is -0.142. The van der Waals surface area contributed by atoms with Crippen LogP contribution in [-0.2, 0) is 10.9 Å². The second-order valence-corrected chi connectivity index (χ2v) is 3.48. The first-order valence-electron chi connectivity index (χ1n) is 6.16. The van der Waals surface area contributed by atoms with E-state index in [1.807, 2.05) is 13.8 Å². The lowest BCUT2D eigenvalue weighted by atomic mass is 10.3. The predicted octanol–water partition coefficient (Wildman–Crippen LogP) is 3.56. The van der Waals surface area contributed by atoms with Crippen molar-refractivity contribution in [2.75, 3.05) is 6.61 Å². The summed E-state index contributed by atoms with van der Waals surface area (Å²) >= 11 is 0. The number of aromatic nitrogens is 2. The fourth-order valence-corrected chi connectivity index (χ4v) is 1.55. The molecule has 0 aliphatic rings. The lowest BCUT2D eigenvalue weighted by Crippen LogP contribution is -2.10. The van der Waals surface area contributed by atoms with Crippen LogP contribution in [0.5, 0.6) is 0 Å². The van der Waals surface area contributed by atoms with Crippen LogP contribution in [0.15, 0.2) is 24.4 Å². The van der Waals surface area contributed by atoms with E-state index in [1.165, 1.54) is 12.1 Å². The molecule has 0 unspecified atom stereocenters. The highest BCUT2D eigenvalue weighted by Crippen LogP contribution is 2.29. The molecular formula is C13H15F3N2O2. The summed E-state index contributed by atoms with van der Waals surface area (Å²) in [6, 6.07) is 3.54. The number of halogens is 3. The van der Waals surface area contributed by atoms with E-state index in [2.05, 4.69) is 9.72 Å². The molecule has 110 valence electrons. The third-order valence-electron chi connectivity index (χ3n) is 2.27. The van der Waals surface area contributed by atoms with Gasteiger partial charge in [-0.2, -0.15) is 13.2 Å². The van der Waals surface area contributed by atoms with Gasteiger partial charge in [-0.3, -0.25) is 4.40 Å². The van der Waals surface area contributed by atoms with Gasteiger partial charge in [0.2, 0.25) is 0 Å². The minimum absolute atomic E-state index is 0.0490. The Morgan fingerprint density at radius 3 is 2.55 bits per heavy atom. The molecule has 2 aromatic heterocycles. The van der Waals surface area contributed by atoms with Crippen LogP contribution in [0.2, 0.25) is 0 Å². The summed E-state index contributed by atoms with van der Waals surface area (Å²) in [7, 11) is 0. The van der Waals surface area contributed by atoms with Crippen molar-refractivity contribution in [3.63, 3.8) is 0 Å². The molecule has 20 heavy (non-hydrogen) atoms. The molecule has 2 rings (SSSR count). The average Bonchev–Trinajstić information content (AvgIpc) is 2.83. The molecule has 0 aliphatic carbocycles. The van der Waals surface area contributed by atoms with Gasteiger partial charge >= 0.3 is 12.1 Å². The number of hydrogen-bond acceptors (Lipinski definition) is 3. The van der Waals surface area contributed by atoms with Gasteiger partial charge in [-0.05, 0) is 19.1 Å². The van der Waals surface area contributed by atoms with E-state index in [0.29, 0.717) is 0 Å². The third-order valence-corrected chi connectivity index (χ3v) is 2.27. The largest absolute Gasteiger partial charge is 0.461 e. The summed E-state index contributed by atoms with van der Waals surface area (Å²) in [4.78, 5) is 15.2. The Bertz CT molecular complexity index is 591. The number of ether oxygens (including phenoxy) is 1. The summed E-state index contributed by atoms with van der Waals surface area (Å²) in [6.45, 7) is 5.74. The zero-order valence-corrected chi connectivity index (χ0v) is 11.4. The number of nitrogens with zero attached hydrogens (tertiary/aromatic N) is 2. The van der Waals surface area contributed by atoms with Crippen molar-refractivity contribution < 1.29 is 22.7 Å². The number of pyridine rings is 1. The van der Waals surface area contributed by atoms with Gasteiger partial charge in [0.15, 0.2) is 5.69 Å². The zero-order valence-electron chi connectivity index (χ0n) is 11.4. The van der Waals surface area contributed by atoms with Gasteiger partial charge in [0, 0.05) is 6.20 Å². The Morgan fingerprint density at radius 2 is 2.00 bits per heavy atom. The quantitative estimate of drug-likeness (QED) is 0.794. The molecule has 2 aromatic rings. The van der Waals surface area contributed by atoms with Crippen LogP contribution in [0, 0.1) is 0 Å². The molecule has 0 atom stereocenters. The van der Waals surface area contributed by atoms with Gasteiger partial charge in [-0.15, -0.1) is 0 Å². The fraction of sp³-hybridized carbons (Fsp3) is 0.385. The molecule has 7 heteroatoms. The normalized spacial score (nSPS) is 10.9. The van der Waals surface area contributed by atoms with Crippen LogP contribution < -0.4 is 0 Å². The maximum atomic E-state index is 12.7. The van der Waals surface area contributed by atoms with E-state index >= 15 is 0 Å². The molecule has 0 aliphatic heterocycles. The van der Waals surface area contributed by atoms with Crippen molar-refractivity contribution in [3.05, 3.63) is 35.8 Å². The molecule has 2 heterocycles. The molecular weight excluding hydrogens is 273 g/mol. The molecule has 0 radical (unpaired) electrons. The van der Waals surface area contributed by atoms with Crippen molar-refractivity contribution >= 4 is 11.6 Å². The Hall–Kier alpha value is -2.05. The summed E-state index contributed by atoms with van der Waals surface area (Å²) in [5.41, 5.74) is -0.982. The molecule has 0 saturated heterocycles. The van der Waals surface area contributed by atoms with Crippen LogP contribution in [0.3, 0.4) is 0 Å². The van der Waals surface area contributed by atoms with Crippen molar-refractivity contribution in [1.29, 1.82) is 0 Å². The second kappa shape index (κ2) is 6.40. The van der Waals surface area contributed by atoms with E-state index in [1.54, 1.807) is 6.92 Å². The lowest BCUT2D eigenvalue weighted by Gasteiger charge is -2.08. The van der Waals surface area contributed by atoms with E-state index < -0.39 is 17.8 Å². The third kappa shape index (κ3) is 3.28. The minimum atomic E-state index is -4.51. The first-order chi connectivity index (χ1) is 9.43. The van der Waals surface area contributed by atoms with Gasteiger partial charge < -0.3 is 4.74 Å². The van der Waals surface area contributed by atoms with E-state index in [-0.39, 0.29) is 17.9 Å². The van der Waals surface area contributed by atoms with Crippen LogP contribution in [0.4, 0.5) is 13.2 Å². The number of alkyl halides is 3. The van der Waals surface area contributed by atoms with Gasteiger partial charge in [0.25, 0.3) is 0 Å². The van der Waals surface area contributed by atoms with Crippen LogP contribution in [0.25, 0.3) is 5.65 Å². The second-order valence-electron chi connectivity index (χ2n) is 3.48. The maximum Gasteiger partial charge on any atom is 0.431 e. The topological polar surface area (TPSA) is 43.6 Å². The summed E-state index contributed by atoms with van der Waals surface area (Å²) in [6.07, 6.45) is -3.48. The number of rotatable bonds is 2. The Balaban J connectivity index is 0.000000956. The maximum absolute atomic E-state index is 12.7. The molecule has 0 saturated carbocycles. The number of hydrogen-bond donors (Lipinski definition) is 0. The fourth-order valence-electron chi connectivity index (χ4n) is 1.55. The summed E-state index contributed by atoms with van der Waals surface area (Å²) < 4.78 is 43.6. The molecule has 0 aromatic carbocycles. The van der Waals surface area contributed by atoms with Crippen LogP contribution >= 0.6 is 0 Å². The molecule has 0 bridgehead atoms. The zero-order chi connectivity index (χ0) is 15.3. The molecule has 0 N–H and O–H groups in total. The van der Waals surface area contributed by atoms with Gasteiger partial charge in [-0.25, -0.2) is 9.78 Å². The first kappa shape index (κ1) is 16.0. The summed E-state index contributed by atoms with van der Waals surface area (Å²) in [5, 5.41) is 0. The number of fused-ring (bicyclic) bond motifs is 1. The highest BCUT2D eigenvalue weighted by Gasteiger charge is 2.33. The Morgan fingerprint density at radius 1 is 1.35 bits per heavy atom. The smallest absolute Gasteiger partial charge is 0.431 e. The van der Waals surface area contributed by atoms with E-state index in [9.17, 15) is 18.0 Å². The van der Waals surface area contributed by atoms with Crippen LogP contribution in [-0.4, -0.2) is 22.0 Å². The van der Waals surface area contributed by atoms with Crippen molar-refractivity contribution in [1.82, 2.24) is 9.38 Å². The van der Waals surface area contributed by atoms with E-state index in [0.717, 1.165) is 16.7 Å². The standard InChI is InChI=1S/C11H9F3N2O2.C2H6/c1-2-18-10(17)7-6-16-8(11(12,13)14)4-3-5-9(16)15-7;1-2/h3-6H,2H2,1H3;1-2H3. The van der Waals surface area contributed by atoms with Crippen LogP contribution in [0.1, 0.15) is 37.0 Å². The predicted molar refractivity (Wildman–Crippen MR) is 67.5 cm³/mol. The first-order valence-corrected chi connectivity index (χ1v) is 6.16. The minimum Gasteiger partial charge on any atom is -0.461 e.